The number of phenols is 1. The van der Waals surface area contributed by atoms with Crippen molar-refractivity contribution in [1.29, 1.82) is 0 Å². The van der Waals surface area contributed by atoms with E-state index in [1.54, 1.807) is 0 Å². The number of para-hydroxylation sites is 1. The van der Waals surface area contributed by atoms with Gasteiger partial charge in [0, 0.05) is 0 Å². The zero-order valence-electron chi connectivity index (χ0n) is 13.6. The first kappa shape index (κ1) is 17.1. The van der Waals surface area contributed by atoms with Gasteiger partial charge in [0.15, 0.2) is 0 Å². The highest BCUT2D eigenvalue weighted by Gasteiger charge is 2.11. The second-order valence-electron chi connectivity index (χ2n) is 6.18. The van der Waals surface area contributed by atoms with Crippen molar-refractivity contribution in [2.24, 2.45) is 0 Å². The van der Waals surface area contributed by atoms with E-state index in [1.807, 2.05) is 13.0 Å². The molecule has 1 aromatic rings. The number of unbranched alkanes of at least 4 members (excludes halogenated alkanes) is 7. The van der Waals surface area contributed by atoms with Crippen LogP contribution in [0.4, 0.5) is 0 Å². The van der Waals surface area contributed by atoms with E-state index in [0.29, 0.717) is 11.7 Å². The van der Waals surface area contributed by atoms with Gasteiger partial charge in [0.2, 0.25) is 0 Å². The molecule has 1 unspecified atom stereocenters. The molecular weight excluding hydrogens is 244 g/mol. The van der Waals surface area contributed by atoms with Crippen molar-refractivity contribution in [3.05, 3.63) is 29.3 Å². The number of aromatic hydroxyl groups is 1. The third-order valence-corrected chi connectivity index (χ3v) is 4.29. The topological polar surface area (TPSA) is 20.2 Å². The van der Waals surface area contributed by atoms with Crippen LogP contribution in [0.2, 0.25) is 0 Å². The maximum Gasteiger partial charge on any atom is 0.121 e. The quantitative estimate of drug-likeness (QED) is 0.495. The molecule has 0 heterocycles. The molecule has 0 radical (unpaired) electrons. The molecule has 1 rings (SSSR count). The molecule has 0 spiro atoms. The van der Waals surface area contributed by atoms with E-state index in [-0.39, 0.29) is 0 Å². The van der Waals surface area contributed by atoms with Crippen LogP contribution in [0.1, 0.15) is 88.7 Å². The highest BCUT2D eigenvalue weighted by molar-refractivity contribution is 5.41. The second-order valence-corrected chi connectivity index (χ2v) is 6.18. The Bertz CT molecular complexity index is 370. The summed E-state index contributed by atoms with van der Waals surface area (Å²) < 4.78 is 0. The molecule has 0 aliphatic rings. The summed E-state index contributed by atoms with van der Waals surface area (Å²) in [7, 11) is 0. The smallest absolute Gasteiger partial charge is 0.121 e. The molecule has 1 aromatic carbocycles. The average molecular weight is 276 g/mol. The molecule has 1 nitrogen and oxygen atoms in total. The van der Waals surface area contributed by atoms with E-state index >= 15 is 0 Å². The zero-order valence-corrected chi connectivity index (χ0v) is 13.6. The molecule has 0 aliphatic carbocycles. The summed E-state index contributed by atoms with van der Waals surface area (Å²) >= 11 is 0. The van der Waals surface area contributed by atoms with Gasteiger partial charge in [0.1, 0.15) is 5.75 Å². The Labute approximate surface area is 125 Å². The number of benzene rings is 1. The van der Waals surface area contributed by atoms with Crippen LogP contribution >= 0.6 is 0 Å². The zero-order chi connectivity index (χ0) is 14.8. The summed E-state index contributed by atoms with van der Waals surface area (Å²) in [6.07, 6.45) is 12.1. The third-order valence-electron chi connectivity index (χ3n) is 4.29. The number of rotatable bonds is 10. The van der Waals surface area contributed by atoms with Crippen LogP contribution in [0.3, 0.4) is 0 Å². The lowest BCUT2D eigenvalue weighted by Crippen LogP contribution is -1.95. The van der Waals surface area contributed by atoms with Gasteiger partial charge in [-0.3, -0.25) is 0 Å². The Kier molecular flexibility index (Phi) is 8.41. The minimum atomic E-state index is 0.468. The van der Waals surface area contributed by atoms with Crippen molar-refractivity contribution in [2.75, 3.05) is 0 Å². The molecule has 0 fully saturated rings. The van der Waals surface area contributed by atoms with Gasteiger partial charge in [0.05, 0.1) is 0 Å². The fraction of sp³-hybridized carbons (Fsp3) is 0.684. The maximum absolute atomic E-state index is 10.1. The Morgan fingerprint density at radius 3 is 2.20 bits per heavy atom. The summed E-state index contributed by atoms with van der Waals surface area (Å²) in [5.41, 5.74) is 2.11. The molecule has 0 bridgehead atoms. The third kappa shape index (κ3) is 5.98. The van der Waals surface area contributed by atoms with Crippen molar-refractivity contribution >= 4 is 0 Å². The monoisotopic (exact) mass is 276 g/mol. The lowest BCUT2D eigenvalue weighted by atomic mass is 9.92. The highest BCUT2D eigenvalue weighted by Crippen LogP contribution is 2.31. The molecule has 114 valence electrons. The maximum atomic E-state index is 10.1. The summed E-state index contributed by atoms with van der Waals surface area (Å²) in [5.74, 6) is 0.967. The Morgan fingerprint density at radius 2 is 1.55 bits per heavy atom. The minimum absolute atomic E-state index is 0.468. The molecule has 0 amide bonds. The van der Waals surface area contributed by atoms with Crippen LogP contribution in [0, 0.1) is 6.92 Å². The predicted octanol–water partition coefficient (Wildman–Crippen LogP) is 6.33. The molecule has 20 heavy (non-hydrogen) atoms. The lowest BCUT2D eigenvalue weighted by Gasteiger charge is -2.14. The van der Waals surface area contributed by atoms with Crippen LogP contribution in [0.15, 0.2) is 18.2 Å². The molecule has 0 saturated carbocycles. The summed E-state index contributed by atoms with van der Waals surface area (Å²) in [6.45, 7) is 6.47. The van der Waals surface area contributed by atoms with Crippen molar-refractivity contribution in [2.45, 2.75) is 84.5 Å². The SMILES string of the molecule is CCCCCCCCCCC(C)c1cccc(C)c1O. The fourth-order valence-corrected chi connectivity index (χ4v) is 2.82. The molecular formula is C19H32O. The van der Waals surface area contributed by atoms with Crippen LogP contribution < -0.4 is 0 Å². The number of phenolic OH excluding ortho intramolecular Hbond substituents is 1. The standard InChI is InChI=1S/C19H32O/c1-4-5-6-7-8-9-10-11-13-16(2)18-15-12-14-17(3)19(18)20/h12,14-16,20H,4-11,13H2,1-3H3. The van der Waals surface area contributed by atoms with E-state index in [2.05, 4.69) is 26.0 Å². The Hall–Kier alpha value is -0.980. The summed E-state index contributed by atoms with van der Waals surface area (Å²) in [5, 5.41) is 10.1. The van der Waals surface area contributed by atoms with Gasteiger partial charge in [0.25, 0.3) is 0 Å². The number of aryl methyl sites for hydroxylation is 1. The summed E-state index contributed by atoms with van der Waals surface area (Å²) in [4.78, 5) is 0. The van der Waals surface area contributed by atoms with Crippen molar-refractivity contribution < 1.29 is 5.11 Å². The van der Waals surface area contributed by atoms with Crippen LogP contribution in [-0.2, 0) is 0 Å². The van der Waals surface area contributed by atoms with E-state index in [1.165, 1.54) is 57.8 Å². The van der Waals surface area contributed by atoms with E-state index in [0.717, 1.165) is 11.1 Å². The first-order valence-electron chi connectivity index (χ1n) is 8.45. The molecule has 1 N–H and O–H groups in total. The molecule has 1 atom stereocenters. The Morgan fingerprint density at radius 1 is 0.950 bits per heavy atom. The van der Waals surface area contributed by atoms with Gasteiger partial charge < -0.3 is 5.11 Å². The highest BCUT2D eigenvalue weighted by atomic mass is 16.3. The normalized spacial score (nSPS) is 12.6. The second kappa shape index (κ2) is 9.85. The predicted molar refractivity (Wildman–Crippen MR) is 88.5 cm³/mol. The van der Waals surface area contributed by atoms with Crippen LogP contribution in [-0.4, -0.2) is 5.11 Å². The van der Waals surface area contributed by atoms with Crippen LogP contribution in [0.5, 0.6) is 5.75 Å². The first-order valence-corrected chi connectivity index (χ1v) is 8.45. The lowest BCUT2D eigenvalue weighted by molar-refractivity contribution is 0.453. The largest absolute Gasteiger partial charge is 0.507 e. The van der Waals surface area contributed by atoms with Gasteiger partial charge in [-0.15, -0.1) is 0 Å². The molecule has 0 aliphatic heterocycles. The fourth-order valence-electron chi connectivity index (χ4n) is 2.82. The summed E-state index contributed by atoms with van der Waals surface area (Å²) in [6, 6.07) is 6.09. The molecule has 1 heteroatoms. The number of hydrogen-bond acceptors (Lipinski definition) is 1. The number of hydrogen-bond donors (Lipinski definition) is 1. The van der Waals surface area contributed by atoms with Gasteiger partial charge >= 0.3 is 0 Å². The van der Waals surface area contributed by atoms with E-state index in [4.69, 9.17) is 0 Å². The van der Waals surface area contributed by atoms with Gasteiger partial charge in [-0.25, -0.2) is 0 Å². The average Bonchev–Trinajstić information content (AvgIpc) is 2.44. The van der Waals surface area contributed by atoms with Crippen molar-refractivity contribution in [3.63, 3.8) is 0 Å². The van der Waals surface area contributed by atoms with Crippen LogP contribution in [0.25, 0.3) is 0 Å². The first-order chi connectivity index (χ1) is 9.66. The van der Waals surface area contributed by atoms with Gasteiger partial charge in [-0.2, -0.15) is 0 Å². The minimum Gasteiger partial charge on any atom is -0.507 e. The van der Waals surface area contributed by atoms with Gasteiger partial charge in [-0.1, -0.05) is 83.4 Å². The van der Waals surface area contributed by atoms with Crippen molar-refractivity contribution in [3.8, 4) is 5.75 Å². The molecule has 0 aromatic heterocycles. The van der Waals surface area contributed by atoms with Gasteiger partial charge in [-0.05, 0) is 30.4 Å². The van der Waals surface area contributed by atoms with Crippen molar-refractivity contribution in [1.82, 2.24) is 0 Å². The Balaban J connectivity index is 2.17. The molecule has 0 saturated heterocycles. The van der Waals surface area contributed by atoms with E-state index in [9.17, 15) is 5.11 Å². The van der Waals surface area contributed by atoms with E-state index < -0.39 is 0 Å².